The quantitative estimate of drug-likeness (QED) is 0.596. The van der Waals surface area contributed by atoms with Crippen LogP contribution >= 0.6 is 0 Å². The zero-order valence-corrected chi connectivity index (χ0v) is 16.5. The van der Waals surface area contributed by atoms with Crippen molar-refractivity contribution in [3.8, 4) is 11.3 Å². The number of nitrogens with one attached hydrogen (secondary N) is 2. The maximum atomic E-state index is 14.2. The molecule has 0 unspecified atom stereocenters. The Bertz CT molecular complexity index is 1040. The maximum Gasteiger partial charge on any atom is 0.251 e. The Hall–Kier alpha value is -3.32. The number of rotatable bonds is 6. The molecule has 1 aromatic heterocycles. The Labute approximate surface area is 168 Å². The molecule has 3 N–H and O–H groups in total. The van der Waals surface area contributed by atoms with Gasteiger partial charge in [-0.1, -0.05) is 35.9 Å². The first-order valence-corrected chi connectivity index (χ1v) is 9.22. The van der Waals surface area contributed by atoms with Crippen LogP contribution in [0, 0.1) is 19.7 Å². The molecule has 0 aliphatic heterocycles. The average Bonchev–Trinajstić information content (AvgIpc) is 2.72. The summed E-state index contributed by atoms with van der Waals surface area (Å²) in [6.45, 7) is 3.52. The van der Waals surface area contributed by atoms with Crippen LogP contribution in [0.3, 0.4) is 0 Å². The number of nitrogens with zero attached hydrogens (tertiary/aromatic N) is 2. The van der Waals surface area contributed by atoms with Gasteiger partial charge in [0.15, 0.2) is 5.82 Å². The second-order valence-electron chi connectivity index (χ2n) is 6.79. The summed E-state index contributed by atoms with van der Waals surface area (Å²) in [4.78, 5) is 20.7. The fraction of sp³-hybridized carbons (Fsp3) is 0.227. The van der Waals surface area contributed by atoms with Crippen molar-refractivity contribution >= 4 is 11.9 Å². The molecule has 1 amide bonds. The number of carbonyl (C=O) groups is 1. The molecule has 3 rings (SSSR count). The number of benzene rings is 2. The van der Waals surface area contributed by atoms with Crippen LogP contribution in [0.1, 0.15) is 33.1 Å². The van der Waals surface area contributed by atoms with Crippen molar-refractivity contribution < 1.29 is 14.3 Å². The zero-order valence-electron chi connectivity index (χ0n) is 16.5. The molecule has 1 heterocycles. The molecular weight excluding hydrogens is 371 g/mol. The minimum absolute atomic E-state index is 0.168. The first kappa shape index (κ1) is 20.4. The van der Waals surface area contributed by atoms with Crippen molar-refractivity contribution in [1.82, 2.24) is 15.3 Å². The van der Waals surface area contributed by atoms with Crippen molar-refractivity contribution in [2.24, 2.45) is 0 Å². The molecular formula is C22H23FN4O2. The maximum absolute atomic E-state index is 14.2. The SMILES string of the molecule is CNc1ncc(F)c(-c2ccc(C(=O)N[C@H](CO)c3cccc(C)c3)cc2C)n1. The number of halogens is 1. The fourth-order valence-corrected chi connectivity index (χ4v) is 3.11. The van der Waals surface area contributed by atoms with E-state index in [1.165, 1.54) is 0 Å². The summed E-state index contributed by atoms with van der Waals surface area (Å²) in [7, 11) is 1.66. The molecule has 3 aromatic rings. The fourth-order valence-electron chi connectivity index (χ4n) is 3.11. The summed E-state index contributed by atoms with van der Waals surface area (Å²) in [6.07, 6.45) is 1.11. The first-order chi connectivity index (χ1) is 13.9. The highest BCUT2D eigenvalue weighted by atomic mass is 19.1. The molecule has 1 atom stereocenters. The van der Waals surface area contributed by atoms with Gasteiger partial charge in [0.1, 0.15) is 5.69 Å². The second kappa shape index (κ2) is 8.79. The van der Waals surface area contributed by atoms with Gasteiger partial charge in [-0.3, -0.25) is 4.79 Å². The van der Waals surface area contributed by atoms with Crippen molar-refractivity contribution in [1.29, 1.82) is 0 Å². The van der Waals surface area contributed by atoms with Gasteiger partial charge >= 0.3 is 0 Å². The van der Waals surface area contributed by atoms with Gasteiger partial charge in [0.05, 0.1) is 18.8 Å². The van der Waals surface area contributed by atoms with E-state index in [0.29, 0.717) is 22.6 Å². The third kappa shape index (κ3) is 4.57. The topological polar surface area (TPSA) is 87.1 Å². The number of anilines is 1. The van der Waals surface area contributed by atoms with Crippen molar-refractivity contribution in [2.75, 3.05) is 19.0 Å². The molecule has 29 heavy (non-hydrogen) atoms. The summed E-state index contributed by atoms with van der Waals surface area (Å²) in [5.41, 5.74) is 3.74. The number of hydrogen-bond donors (Lipinski definition) is 3. The largest absolute Gasteiger partial charge is 0.394 e. The molecule has 0 spiro atoms. The molecule has 0 saturated heterocycles. The molecule has 6 nitrogen and oxygen atoms in total. The van der Waals surface area contributed by atoms with Crippen molar-refractivity contribution in [3.05, 3.63) is 76.7 Å². The summed E-state index contributed by atoms with van der Waals surface area (Å²) in [5.74, 6) is -0.546. The molecule has 0 bridgehead atoms. The number of aliphatic hydroxyl groups excluding tert-OH is 1. The molecule has 7 heteroatoms. The Morgan fingerprint density at radius 2 is 2.00 bits per heavy atom. The van der Waals surface area contributed by atoms with Crippen LogP contribution in [-0.4, -0.2) is 34.6 Å². The van der Waals surface area contributed by atoms with Gasteiger partial charge in [-0.05, 0) is 37.1 Å². The second-order valence-corrected chi connectivity index (χ2v) is 6.79. The van der Waals surface area contributed by atoms with Crippen LogP contribution in [0.25, 0.3) is 11.3 Å². The number of aryl methyl sites for hydroxylation is 2. The summed E-state index contributed by atoms with van der Waals surface area (Å²) >= 11 is 0. The Morgan fingerprint density at radius 1 is 1.21 bits per heavy atom. The highest BCUT2D eigenvalue weighted by molar-refractivity contribution is 5.95. The van der Waals surface area contributed by atoms with Crippen LogP contribution in [0.5, 0.6) is 0 Å². The lowest BCUT2D eigenvalue weighted by Crippen LogP contribution is -2.30. The molecule has 150 valence electrons. The number of aliphatic hydroxyl groups is 1. The van der Waals surface area contributed by atoms with Crippen LogP contribution in [0.4, 0.5) is 10.3 Å². The van der Waals surface area contributed by atoms with Gasteiger partial charge < -0.3 is 15.7 Å². The molecule has 0 fully saturated rings. The van der Waals surface area contributed by atoms with Gasteiger partial charge in [-0.15, -0.1) is 0 Å². The Kier molecular flexibility index (Phi) is 6.19. The predicted molar refractivity (Wildman–Crippen MR) is 110 cm³/mol. The Morgan fingerprint density at radius 3 is 2.66 bits per heavy atom. The monoisotopic (exact) mass is 394 g/mol. The van der Waals surface area contributed by atoms with E-state index >= 15 is 0 Å². The molecule has 0 saturated carbocycles. The van der Waals surface area contributed by atoms with E-state index in [4.69, 9.17) is 0 Å². The third-order valence-corrected chi connectivity index (χ3v) is 4.64. The Balaban J connectivity index is 1.85. The first-order valence-electron chi connectivity index (χ1n) is 9.22. The number of amides is 1. The van der Waals surface area contributed by atoms with Crippen LogP contribution in [0.15, 0.2) is 48.7 Å². The minimum atomic E-state index is -0.538. The summed E-state index contributed by atoms with van der Waals surface area (Å²) in [6, 6.07) is 12.1. The van der Waals surface area contributed by atoms with Crippen LogP contribution in [0.2, 0.25) is 0 Å². The molecule has 2 aromatic carbocycles. The summed E-state index contributed by atoms with van der Waals surface area (Å²) < 4.78 is 14.2. The molecule has 0 aliphatic carbocycles. The van der Waals surface area contributed by atoms with Gasteiger partial charge in [0, 0.05) is 18.2 Å². The number of hydrogen-bond acceptors (Lipinski definition) is 5. The van der Waals surface area contributed by atoms with Crippen molar-refractivity contribution in [2.45, 2.75) is 19.9 Å². The van der Waals surface area contributed by atoms with E-state index in [-0.39, 0.29) is 18.2 Å². The highest BCUT2D eigenvalue weighted by Gasteiger charge is 2.17. The lowest BCUT2D eigenvalue weighted by atomic mass is 10.0. The standard InChI is InChI=1S/C22H23FN4O2/c1-13-5-4-6-15(9-13)19(12-28)26-21(29)16-7-8-17(14(2)10-16)20-18(23)11-25-22(24-3)27-20/h4-11,19,28H,12H2,1-3H3,(H,26,29)(H,24,25,27)/t19-/m1/s1. The van der Waals surface area contributed by atoms with E-state index < -0.39 is 11.9 Å². The number of aromatic nitrogens is 2. The predicted octanol–water partition coefficient (Wildman–Crippen LogP) is 3.40. The van der Waals surface area contributed by atoms with Crippen LogP contribution in [-0.2, 0) is 0 Å². The zero-order chi connectivity index (χ0) is 21.0. The van der Waals surface area contributed by atoms with Gasteiger partial charge in [-0.2, -0.15) is 0 Å². The average molecular weight is 394 g/mol. The normalized spacial score (nSPS) is 11.8. The van der Waals surface area contributed by atoms with Gasteiger partial charge in [0.2, 0.25) is 5.95 Å². The van der Waals surface area contributed by atoms with E-state index in [1.54, 1.807) is 32.2 Å². The lowest BCUT2D eigenvalue weighted by Gasteiger charge is -2.18. The highest BCUT2D eigenvalue weighted by Crippen LogP contribution is 2.26. The van der Waals surface area contributed by atoms with Gasteiger partial charge in [-0.25, -0.2) is 14.4 Å². The van der Waals surface area contributed by atoms with Crippen LogP contribution < -0.4 is 10.6 Å². The third-order valence-electron chi connectivity index (χ3n) is 4.64. The van der Waals surface area contributed by atoms with Gasteiger partial charge in [0.25, 0.3) is 5.91 Å². The minimum Gasteiger partial charge on any atom is -0.394 e. The summed E-state index contributed by atoms with van der Waals surface area (Å²) in [5, 5.41) is 15.3. The molecule has 0 aliphatic rings. The van der Waals surface area contributed by atoms with E-state index in [2.05, 4.69) is 20.6 Å². The van der Waals surface area contributed by atoms with Crippen molar-refractivity contribution in [3.63, 3.8) is 0 Å². The van der Waals surface area contributed by atoms with E-state index in [1.807, 2.05) is 31.2 Å². The number of carbonyl (C=O) groups excluding carboxylic acids is 1. The smallest absolute Gasteiger partial charge is 0.251 e. The van der Waals surface area contributed by atoms with E-state index in [0.717, 1.165) is 17.3 Å². The molecule has 0 radical (unpaired) electrons. The van der Waals surface area contributed by atoms with E-state index in [9.17, 15) is 14.3 Å². The lowest BCUT2D eigenvalue weighted by molar-refractivity contribution is 0.0916.